The number of nitrogens with zero attached hydrogens (tertiary/aromatic N) is 4. The van der Waals surface area contributed by atoms with Gasteiger partial charge in [-0.2, -0.15) is 0 Å². The molecular formula is C33H34ClN5O2S. The quantitative estimate of drug-likeness (QED) is 0.190. The van der Waals surface area contributed by atoms with Crippen molar-refractivity contribution in [3.8, 4) is 5.69 Å². The Kier molecular flexibility index (Phi) is 7.92. The molecule has 2 aromatic carbocycles. The fourth-order valence-corrected chi connectivity index (χ4v) is 7.16. The summed E-state index contributed by atoms with van der Waals surface area (Å²) in [5, 5.41) is 4.80. The fourth-order valence-electron chi connectivity index (χ4n) is 6.52. The molecule has 2 aromatic heterocycles. The van der Waals surface area contributed by atoms with E-state index in [0.717, 1.165) is 41.5 Å². The Morgan fingerprint density at radius 3 is 2.48 bits per heavy atom. The number of carbonyl (C=O) groups excluding carboxylic acids is 1. The number of esters is 1. The maximum Gasteiger partial charge on any atom is 0.339 e. The molecule has 4 heterocycles. The summed E-state index contributed by atoms with van der Waals surface area (Å²) in [4.78, 5) is 21.9. The molecule has 2 aliphatic heterocycles. The van der Waals surface area contributed by atoms with Crippen LogP contribution in [0.3, 0.4) is 0 Å². The van der Waals surface area contributed by atoms with Gasteiger partial charge in [0.1, 0.15) is 6.04 Å². The molecule has 9 heteroatoms. The second kappa shape index (κ2) is 11.8. The van der Waals surface area contributed by atoms with E-state index in [-0.39, 0.29) is 12.1 Å². The van der Waals surface area contributed by atoms with E-state index in [9.17, 15) is 4.79 Å². The molecule has 4 unspecified atom stereocenters. The highest BCUT2D eigenvalue weighted by Crippen LogP contribution is 2.44. The van der Waals surface area contributed by atoms with Crippen molar-refractivity contribution in [3.05, 3.63) is 107 Å². The zero-order chi connectivity index (χ0) is 29.4. The van der Waals surface area contributed by atoms with Gasteiger partial charge in [0, 0.05) is 36.9 Å². The molecule has 2 fully saturated rings. The Morgan fingerprint density at radius 1 is 1.00 bits per heavy atom. The summed E-state index contributed by atoms with van der Waals surface area (Å²) in [6.07, 6.45) is 4.98. The van der Waals surface area contributed by atoms with Crippen molar-refractivity contribution >= 4 is 46.3 Å². The summed E-state index contributed by atoms with van der Waals surface area (Å²) in [5.41, 5.74) is 4.93. The average Bonchev–Trinajstić information content (AvgIpc) is 3.60. The molecule has 4 atom stereocenters. The number of pyridine rings is 1. The highest BCUT2D eigenvalue weighted by atomic mass is 35.5. The average molecular weight is 600 g/mol. The SMILES string of the molecule is COC(=O)c1ccccc1-n1cccc1C1C(c2ccccn2)NC(=S)N1c1ccc(N2CC(C)CC(C)C2)c(Cl)c1. The third-order valence-electron chi connectivity index (χ3n) is 8.17. The van der Waals surface area contributed by atoms with E-state index in [2.05, 4.69) is 52.1 Å². The van der Waals surface area contributed by atoms with E-state index >= 15 is 0 Å². The lowest BCUT2D eigenvalue weighted by molar-refractivity contribution is 0.0600. The predicted octanol–water partition coefficient (Wildman–Crippen LogP) is 6.97. The number of methoxy groups -OCH3 is 1. The number of ether oxygens (including phenoxy) is 1. The summed E-state index contributed by atoms with van der Waals surface area (Å²) >= 11 is 13.0. The third kappa shape index (κ3) is 5.25. The first-order chi connectivity index (χ1) is 20.4. The van der Waals surface area contributed by atoms with Crippen LogP contribution in [0.5, 0.6) is 0 Å². The molecule has 1 N–H and O–H groups in total. The van der Waals surface area contributed by atoms with Crippen molar-refractivity contribution in [2.24, 2.45) is 11.8 Å². The number of thiocarbonyl (C=S) groups is 1. The van der Waals surface area contributed by atoms with Crippen molar-refractivity contribution in [1.82, 2.24) is 14.9 Å². The van der Waals surface area contributed by atoms with Crippen molar-refractivity contribution in [1.29, 1.82) is 0 Å². The van der Waals surface area contributed by atoms with Crippen LogP contribution in [0.2, 0.25) is 5.02 Å². The van der Waals surface area contributed by atoms with E-state index in [1.807, 2.05) is 59.3 Å². The van der Waals surface area contributed by atoms with Crippen LogP contribution in [0.1, 0.15) is 54.1 Å². The molecule has 0 bridgehead atoms. The topological polar surface area (TPSA) is 62.6 Å². The lowest BCUT2D eigenvalue weighted by atomic mass is 9.91. The lowest BCUT2D eigenvalue weighted by Crippen LogP contribution is -2.38. The second-order valence-electron chi connectivity index (χ2n) is 11.3. The molecule has 6 rings (SSSR count). The Balaban J connectivity index is 1.45. The molecule has 0 amide bonds. The number of para-hydroxylation sites is 1. The minimum atomic E-state index is -0.396. The minimum absolute atomic E-state index is 0.250. The van der Waals surface area contributed by atoms with Crippen molar-refractivity contribution < 1.29 is 9.53 Å². The molecule has 0 aliphatic carbocycles. The molecule has 2 aliphatic rings. The summed E-state index contributed by atoms with van der Waals surface area (Å²) in [6.45, 7) is 6.58. The number of piperidine rings is 1. The van der Waals surface area contributed by atoms with Crippen LogP contribution in [0.4, 0.5) is 11.4 Å². The number of hydrogen-bond acceptors (Lipinski definition) is 5. The van der Waals surface area contributed by atoms with Gasteiger partial charge in [0.15, 0.2) is 5.11 Å². The minimum Gasteiger partial charge on any atom is -0.465 e. The molecule has 42 heavy (non-hydrogen) atoms. The number of halogens is 1. The molecule has 0 saturated carbocycles. The molecule has 4 aromatic rings. The smallest absolute Gasteiger partial charge is 0.339 e. The largest absolute Gasteiger partial charge is 0.465 e. The van der Waals surface area contributed by atoms with Crippen LogP contribution in [-0.2, 0) is 4.74 Å². The standard InChI is InChI=1S/C33H34ClN5O2S/c1-21-17-22(2)20-37(19-21)28-14-13-23(18-25(28)34)39-31(30(36-33(39)42)26-10-6-7-15-35-26)29-12-8-16-38(29)27-11-5-4-9-24(27)32(40)41-3/h4-16,18,21-22,30-31H,17,19-20H2,1-3H3,(H,36,42). The number of rotatable bonds is 6. The maximum absolute atomic E-state index is 12.7. The van der Waals surface area contributed by atoms with Crippen molar-refractivity contribution in [3.63, 3.8) is 0 Å². The van der Waals surface area contributed by atoms with E-state index < -0.39 is 5.97 Å². The van der Waals surface area contributed by atoms with Gasteiger partial charge >= 0.3 is 5.97 Å². The predicted molar refractivity (Wildman–Crippen MR) is 172 cm³/mol. The maximum atomic E-state index is 12.7. The van der Waals surface area contributed by atoms with Crippen LogP contribution in [-0.4, -0.2) is 40.8 Å². The molecule has 0 spiro atoms. The number of nitrogens with one attached hydrogen (secondary N) is 1. The molecule has 0 radical (unpaired) electrons. The summed E-state index contributed by atoms with van der Waals surface area (Å²) in [7, 11) is 1.40. The van der Waals surface area contributed by atoms with Crippen molar-refractivity contribution in [2.45, 2.75) is 32.4 Å². The Morgan fingerprint density at radius 2 is 1.76 bits per heavy atom. The monoisotopic (exact) mass is 599 g/mol. The van der Waals surface area contributed by atoms with Gasteiger partial charge in [0.2, 0.25) is 0 Å². The van der Waals surface area contributed by atoms with Crippen molar-refractivity contribution in [2.75, 3.05) is 30.0 Å². The van der Waals surface area contributed by atoms with Gasteiger partial charge in [-0.25, -0.2) is 4.79 Å². The van der Waals surface area contributed by atoms with Crippen LogP contribution < -0.4 is 15.1 Å². The van der Waals surface area contributed by atoms with Gasteiger partial charge in [-0.3, -0.25) is 4.98 Å². The second-order valence-corrected chi connectivity index (χ2v) is 12.1. The van der Waals surface area contributed by atoms with Gasteiger partial charge in [0.25, 0.3) is 0 Å². The lowest BCUT2D eigenvalue weighted by Gasteiger charge is -2.37. The molecule has 216 valence electrons. The zero-order valence-corrected chi connectivity index (χ0v) is 25.5. The Labute approximate surface area is 257 Å². The van der Waals surface area contributed by atoms with E-state index in [1.165, 1.54) is 13.5 Å². The summed E-state index contributed by atoms with van der Waals surface area (Å²) < 4.78 is 7.13. The number of anilines is 2. The number of carbonyl (C=O) groups is 1. The Bertz CT molecular complexity index is 1600. The van der Waals surface area contributed by atoms with E-state index in [0.29, 0.717) is 27.5 Å². The number of aromatic nitrogens is 2. The van der Waals surface area contributed by atoms with E-state index in [1.54, 1.807) is 12.3 Å². The van der Waals surface area contributed by atoms with Gasteiger partial charge < -0.3 is 24.4 Å². The fraction of sp³-hybridized carbons (Fsp3) is 0.303. The van der Waals surface area contributed by atoms with Crippen LogP contribution in [0.25, 0.3) is 5.69 Å². The van der Waals surface area contributed by atoms with E-state index in [4.69, 9.17) is 28.6 Å². The van der Waals surface area contributed by atoms with Gasteiger partial charge in [-0.05, 0) is 85.1 Å². The summed E-state index contributed by atoms with van der Waals surface area (Å²) in [6, 6.07) is 23.1. The summed E-state index contributed by atoms with van der Waals surface area (Å²) in [5.74, 6) is 0.834. The zero-order valence-electron chi connectivity index (χ0n) is 23.9. The van der Waals surface area contributed by atoms with Gasteiger partial charge in [0.05, 0.1) is 40.8 Å². The van der Waals surface area contributed by atoms with Gasteiger partial charge in [-0.1, -0.05) is 43.6 Å². The molecular weight excluding hydrogens is 566 g/mol. The normalized spacial score (nSPS) is 22.2. The van der Waals surface area contributed by atoms with Crippen LogP contribution in [0, 0.1) is 11.8 Å². The highest BCUT2D eigenvalue weighted by Gasteiger charge is 2.42. The first kappa shape index (κ1) is 28.2. The number of benzene rings is 2. The molecule has 2 saturated heterocycles. The first-order valence-electron chi connectivity index (χ1n) is 14.3. The van der Waals surface area contributed by atoms with Crippen LogP contribution in [0.15, 0.2) is 85.2 Å². The van der Waals surface area contributed by atoms with Gasteiger partial charge in [-0.15, -0.1) is 0 Å². The Hall–Kier alpha value is -3.88. The number of hydrogen-bond donors (Lipinski definition) is 1. The first-order valence-corrected chi connectivity index (χ1v) is 15.0. The third-order valence-corrected chi connectivity index (χ3v) is 8.79. The van der Waals surface area contributed by atoms with Crippen LogP contribution >= 0.6 is 23.8 Å². The highest BCUT2D eigenvalue weighted by molar-refractivity contribution is 7.80. The molecule has 7 nitrogen and oxygen atoms in total.